The highest BCUT2D eigenvalue weighted by Gasteiger charge is 2.25. The van der Waals surface area contributed by atoms with Crippen LogP contribution in [0.3, 0.4) is 0 Å². The van der Waals surface area contributed by atoms with Crippen LogP contribution < -0.4 is 9.47 Å². The largest absolute Gasteiger partial charge is 0.493 e. The van der Waals surface area contributed by atoms with E-state index in [-0.39, 0.29) is 17.6 Å². The first-order chi connectivity index (χ1) is 12.6. The first-order valence-corrected chi connectivity index (χ1v) is 8.06. The summed E-state index contributed by atoms with van der Waals surface area (Å²) in [5.41, 5.74) is 0.780. The summed E-state index contributed by atoms with van der Waals surface area (Å²) >= 11 is 0. The molecule has 1 aliphatic heterocycles. The van der Waals surface area contributed by atoms with Gasteiger partial charge in [0.05, 0.1) is 13.4 Å². The van der Waals surface area contributed by atoms with Gasteiger partial charge in [0.1, 0.15) is 0 Å². The van der Waals surface area contributed by atoms with Gasteiger partial charge < -0.3 is 18.6 Å². The lowest BCUT2D eigenvalue weighted by Gasteiger charge is -2.09. The Bertz CT molecular complexity index is 879. The molecule has 0 unspecified atom stereocenters. The van der Waals surface area contributed by atoms with E-state index in [9.17, 15) is 9.59 Å². The van der Waals surface area contributed by atoms with Crippen LogP contribution in [0.2, 0.25) is 0 Å². The second-order valence-electron chi connectivity index (χ2n) is 5.45. The molecule has 0 amide bonds. The smallest absolute Gasteiger partial charge is 0.363 e. The zero-order valence-electron chi connectivity index (χ0n) is 14.4. The van der Waals surface area contributed by atoms with Gasteiger partial charge >= 0.3 is 11.9 Å². The van der Waals surface area contributed by atoms with E-state index >= 15 is 0 Å². The van der Waals surface area contributed by atoms with Crippen LogP contribution in [-0.4, -0.2) is 24.9 Å². The third-order valence-electron chi connectivity index (χ3n) is 3.52. The summed E-state index contributed by atoms with van der Waals surface area (Å²) in [4.78, 5) is 27.8. The second-order valence-corrected chi connectivity index (χ2v) is 5.45. The lowest BCUT2D eigenvalue weighted by Crippen LogP contribution is -2.07. The number of hydrogen-bond acceptors (Lipinski definition) is 7. The molecule has 0 fully saturated rings. The van der Waals surface area contributed by atoms with Crippen molar-refractivity contribution >= 4 is 23.9 Å². The van der Waals surface area contributed by atoms with Crippen LogP contribution in [-0.2, 0) is 14.3 Å². The summed E-state index contributed by atoms with van der Waals surface area (Å²) in [5, 5.41) is 0. The number of hydrogen-bond donors (Lipinski definition) is 0. The van der Waals surface area contributed by atoms with Crippen LogP contribution in [0.1, 0.15) is 31.1 Å². The molecule has 0 N–H and O–H groups in total. The maximum absolute atomic E-state index is 12.0. The maximum Gasteiger partial charge on any atom is 0.363 e. The van der Waals surface area contributed by atoms with Crippen LogP contribution in [0.25, 0.3) is 6.08 Å². The summed E-state index contributed by atoms with van der Waals surface area (Å²) in [7, 11) is 1.47. The molecule has 0 radical (unpaired) electrons. The summed E-state index contributed by atoms with van der Waals surface area (Å²) in [6, 6.07) is 8.28. The molecule has 0 aliphatic carbocycles. The van der Waals surface area contributed by atoms with Crippen molar-refractivity contribution in [1.29, 1.82) is 0 Å². The second kappa shape index (κ2) is 7.69. The number of carbonyl (C=O) groups is 2. The lowest BCUT2D eigenvalue weighted by molar-refractivity contribution is -0.134. The van der Waals surface area contributed by atoms with Crippen molar-refractivity contribution in [3.63, 3.8) is 0 Å². The molecule has 0 spiro atoms. The fourth-order valence-corrected chi connectivity index (χ4v) is 2.31. The van der Waals surface area contributed by atoms with Gasteiger partial charge in [-0.1, -0.05) is 13.0 Å². The fraction of sp³-hybridized carbons (Fsp3) is 0.211. The van der Waals surface area contributed by atoms with E-state index in [4.69, 9.17) is 18.6 Å². The molecule has 1 aliphatic rings. The highest BCUT2D eigenvalue weighted by atomic mass is 16.6. The van der Waals surface area contributed by atoms with Crippen molar-refractivity contribution < 1.29 is 28.2 Å². The Morgan fingerprint density at radius 1 is 1.27 bits per heavy atom. The van der Waals surface area contributed by atoms with Crippen LogP contribution >= 0.6 is 0 Å². The van der Waals surface area contributed by atoms with E-state index in [0.29, 0.717) is 35.7 Å². The molecule has 0 saturated heterocycles. The molecule has 1 aromatic carbocycles. The molecule has 0 atom stereocenters. The molecule has 2 heterocycles. The Hall–Kier alpha value is -3.35. The van der Waals surface area contributed by atoms with Crippen molar-refractivity contribution in [2.75, 3.05) is 7.11 Å². The monoisotopic (exact) mass is 355 g/mol. The van der Waals surface area contributed by atoms with Crippen LogP contribution in [0.15, 0.2) is 51.7 Å². The topological polar surface area (TPSA) is 87.3 Å². The molecule has 26 heavy (non-hydrogen) atoms. The molecule has 7 nitrogen and oxygen atoms in total. The minimum atomic E-state index is -0.575. The maximum atomic E-state index is 12.0. The Labute approximate surface area is 149 Å². The number of esters is 2. The van der Waals surface area contributed by atoms with Crippen molar-refractivity contribution in [3.05, 3.63) is 53.6 Å². The lowest BCUT2D eigenvalue weighted by atomic mass is 10.1. The van der Waals surface area contributed by atoms with Gasteiger partial charge in [-0.15, -0.1) is 0 Å². The van der Waals surface area contributed by atoms with E-state index < -0.39 is 5.97 Å². The quantitative estimate of drug-likeness (QED) is 0.449. The third kappa shape index (κ3) is 3.83. The molecule has 134 valence electrons. The number of benzene rings is 1. The number of nitrogens with zero attached hydrogens (tertiary/aromatic N) is 1. The van der Waals surface area contributed by atoms with Gasteiger partial charge in [-0.2, -0.15) is 0 Å². The minimum Gasteiger partial charge on any atom is -0.493 e. The van der Waals surface area contributed by atoms with E-state index in [1.807, 2.05) is 6.92 Å². The van der Waals surface area contributed by atoms with Gasteiger partial charge in [-0.05, 0) is 42.3 Å². The summed E-state index contributed by atoms with van der Waals surface area (Å²) in [6.45, 7) is 1.89. The van der Waals surface area contributed by atoms with E-state index in [0.717, 1.165) is 0 Å². The fourth-order valence-electron chi connectivity index (χ4n) is 2.31. The first-order valence-electron chi connectivity index (χ1n) is 8.06. The number of furan rings is 1. The van der Waals surface area contributed by atoms with Gasteiger partial charge in [0.2, 0.25) is 0 Å². The molecular formula is C19H17NO6. The summed E-state index contributed by atoms with van der Waals surface area (Å²) in [6.07, 6.45) is 4.05. The Balaban J connectivity index is 1.84. The minimum absolute atomic E-state index is 0.114. The van der Waals surface area contributed by atoms with Gasteiger partial charge in [0.15, 0.2) is 23.0 Å². The van der Waals surface area contributed by atoms with Crippen molar-refractivity contribution in [3.8, 4) is 11.5 Å². The normalized spacial score (nSPS) is 14.9. The zero-order chi connectivity index (χ0) is 18.5. The molecule has 0 bridgehead atoms. The highest BCUT2D eigenvalue weighted by Crippen LogP contribution is 2.30. The van der Waals surface area contributed by atoms with E-state index in [2.05, 4.69) is 4.99 Å². The van der Waals surface area contributed by atoms with Crippen molar-refractivity contribution in [2.45, 2.75) is 19.8 Å². The summed E-state index contributed by atoms with van der Waals surface area (Å²) < 4.78 is 20.8. The predicted molar refractivity (Wildman–Crippen MR) is 92.9 cm³/mol. The number of ether oxygens (including phenoxy) is 3. The number of cyclic esters (lactones) is 1. The van der Waals surface area contributed by atoms with Gasteiger partial charge in [-0.3, -0.25) is 4.79 Å². The number of carbonyl (C=O) groups excluding carboxylic acids is 2. The SMILES string of the molecule is CCCC(=O)Oc1ccc(/C=C2\N=C(c3ccco3)OC2=O)cc1OC. The van der Waals surface area contributed by atoms with Crippen LogP contribution in [0, 0.1) is 0 Å². The molecule has 2 aromatic rings. The van der Waals surface area contributed by atoms with Crippen LogP contribution in [0.5, 0.6) is 11.5 Å². The number of aliphatic imine (C=N–C) groups is 1. The van der Waals surface area contributed by atoms with Gasteiger partial charge in [0, 0.05) is 6.42 Å². The Morgan fingerprint density at radius 3 is 2.81 bits per heavy atom. The first kappa shape index (κ1) is 17.5. The molecule has 0 saturated carbocycles. The molecular weight excluding hydrogens is 338 g/mol. The third-order valence-corrected chi connectivity index (χ3v) is 3.52. The number of methoxy groups -OCH3 is 1. The van der Waals surface area contributed by atoms with Crippen molar-refractivity contribution in [1.82, 2.24) is 0 Å². The Kier molecular flexibility index (Phi) is 5.17. The predicted octanol–water partition coefficient (Wildman–Crippen LogP) is 3.34. The zero-order valence-corrected chi connectivity index (χ0v) is 14.4. The number of rotatable bonds is 6. The molecule has 3 rings (SSSR count). The van der Waals surface area contributed by atoms with Crippen LogP contribution in [0.4, 0.5) is 0 Å². The van der Waals surface area contributed by atoms with Crippen molar-refractivity contribution in [2.24, 2.45) is 4.99 Å². The highest BCUT2D eigenvalue weighted by molar-refractivity contribution is 6.11. The van der Waals surface area contributed by atoms with E-state index in [1.54, 1.807) is 36.4 Å². The molecule has 7 heteroatoms. The summed E-state index contributed by atoms with van der Waals surface area (Å²) in [5.74, 6) is 0.283. The molecule has 1 aromatic heterocycles. The van der Waals surface area contributed by atoms with Gasteiger partial charge in [0.25, 0.3) is 5.90 Å². The van der Waals surface area contributed by atoms with Gasteiger partial charge in [-0.25, -0.2) is 9.79 Å². The average Bonchev–Trinajstić information content (AvgIpc) is 3.27. The standard InChI is InChI=1S/C19H17NO6/c1-3-5-17(21)25-14-8-7-12(11-16(14)23-2)10-13-19(22)26-18(20-13)15-6-4-9-24-15/h4,6-11H,3,5H2,1-2H3/b13-10-. The Morgan fingerprint density at radius 2 is 2.12 bits per heavy atom. The van der Waals surface area contributed by atoms with E-state index in [1.165, 1.54) is 13.4 Å². The average molecular weight is 355 g/mol.